The van der Waals surface area contributed by atoms with Gasteiger partial charge in [0, 0.05) is 16.8 Å². The van der Waals surface area contributed by atoms with Crippen LogP contribution in [0.5, 0.6) is 0 Å². The van der Waals surface area contributed by atoms with Gasteiger partial charge in [0.15, 0.2) is 0 Å². The Labute approximate surface area is 107 Å². The van der Waals surface area contributed by atoms with Crippen molar-refractivity contribution < 1.29 is 0 Å². The maximum Gasteiger partial charge on any atom is 0.0795 e. The molecule has 1 unspecified atom stereocenters. The van der Waals surface area contributed by atoms with Crippen LogP contribution in [0.25, 0.3) is 0 Å². The van der Waals surface area contributed by atoms with E-state index in [1.54, 1.807) is 11.3 Å². The van der Waals surface area contributed by atoms with Crippen LogP contribution in [0.1, 0.15) is 43.2 Å². The summed E-state index contributed by atoms with van der Waals surface area (Å²) in [5.74, 6) is 0.535. The molecule has 0 saturated heterocycles. The van der Waals surface area contributed by atoms with Crippen molar-refractivity contribution in [3.8, 4) is 0 Å². The normalized spacial score (nSPS) is 12.7. The van der Waals surface area contributed by atoms with Gasteiger partial charge >= 0.3 is 0 Å². The van der Waals surface area contributed by atoms with Gasteiger partial charge in [0.05, 0.1) is 11.6 Å². The molecule has 1 heterocycles. The molecule has 0 aliphatic carbocycles. The number of nitrogens with zero attached hydrogens (tertiary/aromatic N) is 1. The van der Waals surface area contributed by atoms with Gasteiger partial charge in [0.2, 0.25) is 0 Å². The maximum atomic E-state index is 4.12. The highest BCUT2D eigenvalue weighted by atomic mass is 32.1. The molecule has 1 N–H and O–H groups in total. The minimum absolute atomic E-state index is 0.308. The fourth-order valence-corrected chi connectivity index (χ4v) is 2.50. The third-order valence-electron chi connectivity index (χ3n) is 2.83. The molecule has 2 aromatic rings. The fourth-order valence-electron chi connectivity index (χ4n) is 1.88. The molecular formula is C14H18N2S. The zero-order valence-electron chi connectivity index (χ0n) is 10.5. The van der Waals surface area contributed by atoms with E-state index in [2.05, 4.69) is 55.3 Å². The van der Waals surface area contributed by atoms with Crippen LogP contribution in [-0.4, -0.2) is 4.98 Å². The van der Waals surface area contributed by atoms with Crippen LogP contribution in [0.2, 0.25) is 0 Å². The van der Waals surface area contributed by atoms with E-state index >= 15 is 0 Å². The lowest BCUT2D eigenvalue weighted by molar-refractivity contribution is 0.847. The van der Waals surface area contributed by atoms with Crippen LogP contribution >= 0.6 is 11.3 Å². The molecule has 1 aromatic heterocycles. The number of benzene rings is 1. The van der Waals surface area contributed by atoms with Crippen molar-refractivity contribution in [3.05, 3.63) is 46.4 Å². The van der Waals surface area contributed by atoms with E-state index < -0.39 is 0 Å². The van der Waals surface area contributed by atoms with Crippen LogP contribution in [0, 0.1) is 0 Å². The van der Waals surface area contributed by atoms with Crippen molar-refractivity contribution in [2.45, 2.75) is 32.7 Å². The topological polar surface area (TPSA) is 24.9 Å². The molecule has 2 nitrogen and oxygen atoms in total. The molecule has 3 heteroatoms. The Kier molecular flexibility index (Phi) is 3.79. The second-order valence-corrected chi connectivity index (χ2v) is 5.43. The van der Waals surface area contributed by atoms with Gasteiger partial charge in [0.25, 0.3) is 0 Å². The van der Waals surface area contributed by atoms with E-state index in [-0.39, 0.29) is 0 Å². The average Bonchev–Trinajstić information content (AvgIpc) is 2.83. The first kappa shape index (κ1) is 12.1. The number of nitrogens with one attached hydrogen (secondary N) is 1. The molecule has 0 aliphatic heterocycles. The first-order valence-corrected chi connectivity index (χ1v) is 6.80. The molecule has 2 rings (SSSR count). The van der Waals surface area contributed by atoms with Gasteiger partial charge in [-0.25, -0.2) is 0 Å². The van der Waals surface area contributed by atoms with E-state index in [0.29, 0.717) is 12.0 Å². The molecule has 0 bridgehead atoms. The summed E-state index contributed by atoms with van der Waals surface area (Å²) in [6.45, 7) is 6.61. The standard InChI is InChI=1S/C14H18N2S/c1-10(2)12-6-4-5-7-13(12)16-11(3)14-8-15-9-17-14/h4-11,16H,1-3H3. The van der Waals surface area contributed by atoms with Crippen LogP contribution in [0.15, 0.2) is 36.0 Å². The first-order valence-electron chi connectivity index (χ1n) is 5.92. The van der Waals surface area contributed by atoms with E-state index in [1.165, 1.54) is 16.1 Å². The SMILES string of the molecule is CC(C)c1ccccc1NC(C)c1cncs1. The van der Waals surface area contributed by atoms with Crippen molar-refractivity contribution in [1.29, 1.82) is 0 Å². The van der Waals surface area contributed by atoms with Gasteiger partial charge in [-0.1, -0.05) is 32.0 Å². The predicted molar refractivity (Wildman–Crippen MR) is 74.7 cm³/mol. The van der Waals surface area contributed by atoms with Gasteiger partial charge in [-0.2, -0.15) is 0 Å². The number of rotatable bonds is 4. The molecule has 0 fully saturated rings. The zero-order chi connectivity index (χ0) is 12.3. The molecule has 0 amide bonds. The Morgan fingerprint density at radius 2 is 1.94 bits per heavy atom. The van der Waals surface area contributed by atoms with Crippen molar-refractivity contribution >= 4 is 17.0 Å². The van der Waals surface area contributed by atoms with E-state index in [9.17, 15) is 0 Å². The molecule has 0 aliphatic rings. The minimum atomic E-state index is 0.308. The van der Waals surface area contributed by atoms with Gasteiger partial charge in [0.1, 0.15) is 0 Å². The van der Waals surface area contributed by atoms with Crippen molar-refractivity contribution in [1.82, 2.24) is 4.98 Å². The summed E-state index contributed by atoms with van der Waals surface area (Å²) in [7, 11) is 0. The van der Waals surface area contributed by atoms with Gasteiger partial charge in [-0.3, -0.25) is 4.98 Å². The zero-order valence-corrected chi connectivity index (χ0v) is 11.3. The Hall–Kier alpha value is -1.35. The summed E-state index contributed by atoms with van der Waals surface area (Å²) in [5, 5.41) is 3.56. The average molecular weight is 246 g/mol. The fraction of sp³-hybridized carbons (Fsp3) is 0.357. The van der Waals surface area contributed by atoms with E-state index in [1.807, 2.05) is 11.7 Å². The second kappa shape index (κ2) is 5.32. The summed E-state index contributed by atoms with van der Waals surface area (Å²) in [4.78, 5) is 5.39. The number of aromatic nitrogens is 1. The van der Waals surface area contributed by atoms with Crippen LogP contribution < -0.4 is 5.32 Å². The number of anilines is 1. The third kappa shape index (κ3) is 2.86. The maximum absolute atomic E-state index is 4.12. The predicted octanol–water partition coefficient (Wildman–Crippen LogP) is 4.44. The Bertz CT molecular complexity index is 463. The highest BCUT2D eigenvalue weighted by Crippen LogP contribution is 2.28. The summed E-state index contributed by atoms with van der Waals surface area (Å²) >= 11 is 1.69. The van der Waals surface area contributed by atoms with Crippen molar-refractivity contribution in [3.63, 3.8) is 0 Å². The van der Waals surface area contributed by atoms with E-state index in [4.69, 9.17) is 0 Å². The summed E-state index contributed by atoms with van der Waals surface area (Å²) < 4.78 is 0. The highest BCUT2D eigenvalue weighted by molar-refractivity contribution is 7.09. The van der Waals surface area contributed by atoms with Gasteiger partial charge in [-0.05, 0) is 24.5 Å². The largest absolute Gasteiger partial charge is 0.377 e. The highest BCUT2D eigenvalue weighted by Gasteiger charge is 2.10. The van der Waals surface area contributed by atoms with Crippen molar-refractivity contribution in [2.75, 3.05) is 5.32 Å². The molecule has 90 valence electrons. The lowest BCUT2D eigenvalue weighted by Crippen LogP contribution is -2.07. The second-order valence-electron chi connectivity index (χ2n) is 4.51. The van der Waals surface area contributed by atoms with Gasteiger partial charge in [-0.15, -0.1) is 11.3 Å². The van der Waals surface area contributed by atoms with E-state index in [0.717, 1.165) is 0 Å². The van der Waals surface area contributed by atoms with Crippen LogP contribution in [0.3, 0.4) is 0 Å². The first-order chi connectivity index (χ1) is 8.18. The third-order valence-corrected chi connectivity index (χ3v) is 3.79. The molecule has 0 saturated carbocycles. The summed E-state index contributed by atoms with van der Waals surface area (Å²) in [5.41, 5.74) is 4.47. The quantitative estimate of drug-likeness (QED) is 0.862. The number of hydrogen-bond donors (Lipinski definition) is 1. The minimum Gasteiger partial charge on any atom is -0.377 e. The van der Waals surface area contributed by atoms with Crippen LogP contribution in [0.4, 0.5) is 5.69 Å². The molecule has 0 spiro atoms. The monoisotopic (exact) mass is 246 g/mol. The Balaban J connectivity index is 2.18. The number of para-hydroxylation sites is 1. The Morgan fingerprint density at radius 1 is 1.18 bits per heavy atom. The number of thiazole rings is 1. The Morgan fingerprint density at radius 3 is 2.59 bits per heavy atom. The molecule has 1 aromatic carbocycles. The number of hydrogen-bond acceptors (Lipinski definition) is 3. The molecule has 0 radical (unpaired) electrons. The smallest absolute Gasteiger partial charge is 0.0795 e. The van der Waals surface area contributed by atoms with Crippen molar-refractivity contribution in [2.24, 2.45) is 0 Å². The molecule has 1 atom stereocenters. The lowest BCUT2D eigenvalue weighted by Gasteiger charge is -2.18. The lowest BCUT2D eigenvalue weighted by atomic mass is 10.0. The molecule has 17 heavy (non-hydrogen) atoms. The van der Waals surface area contributed by atoms with Gasteiger partial charge < -0.3 is 5.32 Å². The summed E-state index contributed by atoms with van der Waals surface area (Å²) in [6.07, 6.45) is 1.93. The van der Waals surface area contributed by atoms with Crippen LogP contribution in [-0.2, 0) is 0 Å². The summed E-state index contributed by atoms with van der Waals surface area (Å²) in [6, 6.07) is 8.81. The molecular weight excluding hydrogens is 228 g/mol.